The van der Waals surface area contributed by atoms with Crippen molar-refractivity contribution in [1.29, 1.82) is 0 Å². The van der Waals surface area contributed by atoms with E-state index < -0.39 is 0 Å². The van der Waals surface area contributed by atoms with Gasteiger partial charge in [-0.2, -0.15) is 5.10 Å². The Morgan fingerprint density at radius 2 is 2.00 bits per heavy atom. The molecule has 6 nitrogen and oxygen atoms in total. The molecule has 0 spiro atoms. The molecule has 154 valence electrons. The molecule has 0 bridgehead atoms. The van der Waals surface area contributed by atoms with Gasteiger partial charge >= 0.3 is 0 Å². The Balaban J connectivity index is 1.39. The quantitative estimate of drug-likeness (QED) is 0.622. The van der Waals surface area contributed by atoms with Crippen LogP contribution in [0, 0.1) is 0 Å². The highest BCUT2D eigenvalue weighted by Crippen LogP contribution is 2.34. The zero-order chi connectivity index (χ0) is 20.7. The molecule has 1 amide bonds. The van der Waals surface area contributed by atoms with E-state index in [0.29, 0.717) is 18.0 Å². The molecule has 0 saturated carbocycles. The van der Waals surface area contributed by atoms with Crippen molar-refractivity contribution in [2.24, 2.45) is 5.10 Å². The summed E-state index contributed by atoms with van der Waals surface area (Å²) in [5, 5.41) is 6.99. The highest BCUT2D eigenvalue weighted by Gasteiger charge is 2.36. The van der Waals surface area contributed by atoms with Crippen molar-refractivity contribution in [2.45, 2.75) is 32.0 Å². The second-order valence-corrected chi connectivity index (χ2v) is 8.24. The Hall–Kier alpha value is -2.83. The van der Waals surface area contributed by atoms with Crippen LogP contribution in [0.1, 0.15) is 42.4 Å². The van der Waals surface area contributed by atoms with Gasteiger partial charge in [0.05, 0.1) is 18.5 Å². The first-order valence-corrected chi connectivity index (χ1v) is 10.6. The van der Waals surface area contributed by atoms with Crippen molar-refractivity contribution >= 4 is 23.2 Å². The molecule has 0 saturated heterocycles. The Morgan fingerprint density at radius 3 is 2.77 bits per heavy atom. The Morgan fingerprint density at radius 1 is 1.17 bits per heavy atom. The highest BCUT2D eigenvalue weighted by molar-refractivity contribution is 6.30. The molecule has 7 heteroatoms. The van der Waals surface area contributed by atoms with Crippen LogP contribution < -0.4 is 0 Å². The summed E-state index contributed by atoms with van der Waals surface area (Å²) in [6, 6.07) is 15.5. The fraction of sp³-hybridized carbons (Fsp3) is 0.304. The SMILES string of the molecule is C[C@@H]1c2cccn2CCN1CC(=O)N1N=C(c2ccc(Cl)cc2)C[C@H]1c1ccco1. The molecule has 0 unspecified atom stereocenters. The number of hydrogen-bond acceptors (Lipinski definition) is 4. The van der Waals surface area contributed by atoms with Crippen LogP contribution in [0.2, 0.25) is 5.02 Å². The first-order chi connectivity index (χ1) is 14.6. The molecule has 2 aromatic heterocycles. The van der Waals surface area contributed by atoms with Crippen molar-refractivity contribution < 1.29 is 9.21 Å². The normalized spacial score (nSPS) is 21.5. The molecule has 0 aliphatic carbocycles. The summed E-state index contributed by atoms with van der Waals surface area (Å²) in [4.78, 5) is 15.6. The number of furan rings is 1. The van der Waals surface area contributed by atoms with Crippen LogP contribution in [-0.4, -0.2) is 39.2 Å². The minimum atomic E-state index is -0.234. The third kappa shape index (κ3) is 3.46. The lowest BCUT2D eigenvalue weighted by atomic mass is 10.0. The summed E-state index contributed by atoms with van der Waals surface area (Å²) in [5.41, 5.74) is 3.07. The number of fused-ring (bicyclic) bond motifs is 1. The van der Waals surface area contributed by atoms with Gasteiger partial charge in [0, 0.05) is 42.5 Å². The Bertz CT molecular complexity index is 1070. The smallest absolute Gasteiger partial charge is 0.257 e. The molecule has 0 fully saturated rings. The second kappa shape index (κ2) is 7.78. The number of carbonyl (C=O) groups excluding carboxylic acids is 1. The average molecular weight is 423 g/mol. The molecular weight excluding hydrogens is 400 g/mol. The van der Waals surface area contributed by atoms with Gasteiger partial charge in [-0.25, -0.2) is 5.01 Å². The maximum absolute atomic E-state index is 13.4. The first-order valence-electron chi connectivity index (χ1n) is 10.2. The van der Waals surface area contributed by atoms with Crippen LogP contribution in [0.4, 0.5) is 0 Å². The van der Waals surface area contributed by atoms with Gasteiger partial charge in [0.25, 0.3) is 5.91 Å². The number of nitrogens with zero attached hydrogens (tertiary/aromatic N) is 4. The number of carbonyl (C=O) groups is 1. The summed E-state index contributed by atoms with van der Waals surface area (Å²) in [6.45, 7) is 4.19. The van der Waals surface area contributed by atoms with Crippen LogP contribution in [0.3, 0.4) is 0 Å². The molecule has 0 N–H and O–H groups in total. The van der Waals surface area contributed by atoms with Crippen molar-refractivity contribution in [3.8, 4) is 0 Å². The number of aromatic nitrogens is 1. The van der Waals surface area contributed by atoms with E-state index >= 15 is 0 Å². The third-order valence-electron chi connectivity index (χ3n) is 6.02. The largest absolute Gasteiger partial charge is 0.467 e. The van der Waals surface area contributed by atoms with E-state index in [1.807, 2.05) is 36.4 Å². The Kier molecular flexibility index (Phi) is 4.97. The lowest BCUT2D eigenvalue weighted by Crippen LogP contribution is -2.43. The van der Waals surface area contributed by atoms with Gasteiger partial charge in [-0.15, -0.1) is 0 Å². The van der Waals surface area contributed by atoms with Gasteiger partial charge in [0.2, 0.25) is 0 Å². The molecule has 30 heavy (non-hydrogen) atoms. The molecule has 2 aliphatic heterocycles. The molecule has 0 radical (unpaired) electrons. The summed E-state index contributed by atoms with van der Waals surface area (Å²) in [6.07, 6.45) is 4.35. The summed E-state index contributed by atoms with van der Waals surface area (Å²) >= 11 is 6.03. The van der Waals surface area contributed by atoms with Gasteiger partial charge < -0.3 is 8.98 Å². The molecule has 3 aromatic rings. The van der Waals surface area contributed by atoms with Gasteiger partial charge in [0.15, 0.2) is 0 Å². The first kappa shape index (κ1) is 19.2. The maximum Gasteiger partial charge on any atom is 0.257 e. The zero-order valence-corrected chi connectivity index (χ0v) is 17.5. The summed E-state index contributed by atoms with van der Waals surface area (Å²) in [7, 11) is 0. The molecule has 2 atom stereocenters. The maximum atomic E-state index is 13.4. The number of amides is 1. The predicted octanol–water partition coefficient (Wildman–Crippen LogP) is 4.49. The summed E-state index contributed by atoms with van der Waals surface area (Å²) in [5.74, 6) is 0.726. The molecular formula is C23H23ClN4O2. The minimum absolute atomic E-state index is 0.0211. The van der Waals surface area contributed by atoms with E-state index in [1.54, 1.807) is 11.3 Å². The van der Waals surface area contributed by atoms with Crippen molar-refractivity contribution in [2.75, 3.05) is 13.1 Å². The number of halogens is 1. The van der Waals surface area contributed by atoms with Crippen molar-refractivity contribution in [3.63, 3.8) is 0 Å². The van der Waals surface area contributed by atoms with Crippen LogP contribution in [0.15, 0.2) is 70.5 Å². The van der Waals surface area contributed by atoms with E-state index in [-0.39, 0.29) is 18.0 Å². The van der Waals surface area contributed by atoms with E-state index in [4.69, 9.17) is 21.1 Å². The lowest BCUT2D eigenvalue weighted by Gasteiger charge is -2.35. The van der Waals surface area contributed by atoms with Gasteiger partial charge in [-0.3, -0.25) is 9.69 Å². The predicted molar refractivity (Wildman–Crippen MR) is 115 cm³/mol. The number of hydrogen-bond donors (Lipinski definition) is 0. The van der Waals surface area contributed by atoms with Gasteiger partial charge in [0.1, 0.15) is 11.8 Å². The number of benzene rings is 1. The monoisotopic (exact) mass is 422 g/mol. The van der Waals surface area contributed by atoms with E-state index in [9.17, 15) is 4.79 Å². The molecule has 5 rings (SSSR count). The van der Waals surface area contributed by atoms with Crippen LogP contribution >= 0.6 is 11.6 Å². The van der Waals surface area contributed by atoms with Crippen molar-refractivity contribution in [1.82, 2.24) is 14.5 Å². The highest BCUT2D eigenvalue weighted by atomic mass is 35.5. The molecule has 1 aromatic carbocycles. The van der Waals surface area contributed by atoms with Gasteiger partial charge in [-0.1, -0.05) is 23.7 Å². The topological polar surface area (TPSA) is 54.0 Å². The lowest BCUT2D eigenvalue weighted by molar-refractivity contribution is -0.135. The minimum Gasteiger partial charge on any atom is -0.467 e. The van der Waals surface area contributed by atoms with Crippen LogP contribution in [0.5, 0.6) is 0 Å². The summed E-state index contributed by atoms with van der Waals surface area (Å²) < 4.78 is 7.90. The van der Waals surface area contributed by atoms with E-state index in [0.717, 1.165) is 30.1 Å². The third-order valence-corrected chi connectivity index (χ3v) is 6.27. The van der Waals surface area contributed by atoms with Crippen LogP contribution in [-0.2, 0) is 11.3 Å². The standard InChI is InChI=1S/C23H23ClN4O2/c1-16-20-4-2-10-26(20)11-12-27(16)15-23(29)28-21(22-5-3-13-30-22)14-19(25-28)17-6-8-18(24)9-7-17/h2-10,13,16,21H,11-12,14-15H2,1H3/t16-,21+/m1/s1. The number of hydrazone groups is 1. The van der Waals surface area contributed by atoms with E-state index in [1.165, 1.54) is 5.69 Å². The van der Waals surface area contributed by atoms with Crippen LogP contribution in [0.25, 0.3) is 0 Å². The Labute approximate surface area is 180 Å². The molecule has 2 aliphatic rings. The van der Waals surface area contributed by atoms with Gasteiger partial charge in [-0.05, 0) is 48.9 Å². The average Bonchev–Trinajstić information content (AvgIpc) is 3.50. The fourth-order valence-electron chi connectivity index (χ4n) is 4.35. The zero-order valence-electron chi connectivity index (χ0n) is 16.7. The number of rotatable bonds is 4. The molecule has 4 heterocycles. The van der Waals surface area contributed by atoms with E-state index in [2.05, 4.69) is 34.7 Å². The fourth-order valence-corrected chi connectivity index (χ4v) is 4.47. The second-order valence-electron chi connectivity index (χ2n) is 7.80. The van der Waals surface area contributed by atoms with Crippen molar-refractivity contribution in [3.05, 3.63) is 83.0 Å².